The Labute approximate surface area is 249 Å². The van der Waals surface area contributed by atoms with Gasteiger partial charge >= 0.3 is 0 Å². The van der Waals surface area contributed by atoms with Gasteiger partial charge in [0.05, 0.1) is 18.1 Å². The molecule has 1 aliphatic carbocycles. The first-order chi connectivity index (χ1) is 18.8. The summed E-state index contributed by atoms with van der Waals surface area (Å²) in [4.78, 5) is 0. The standard InChI is InChI=1S/C19H15FN.C17H14N.Ir/c1-19(2)14-8-4-6-12-10-11-21(3)18(16(12)14)13-7-5-9-15(20)17(13)19;1-13-7-3-5-9-15(13)17-16-10-6-4-8-14(16)11-12-18(17)2;/h4-6,8-11H,3H2,1-2H3;3-12H,1-2H2;/q2*-1;. The Morgan fingerprint density at radius 1 is 0.750 bits per heavy atom. The van der Waals surface area contributed by atoms with E-state index in [1.165, 1.54) is 16.8 Å². The van der Waals surface area contributed by atoms with Crippen molar-refractivity contribution < 1.29 is 33.6 Å². The molecule has 2 heterocycles. The van der Waals surface area contributed by atoms with Crippen molar-refractivity contribution in [3.05, 3.63) is 153 Å². The molecule has 2 aromatic heterocycles. The molecule has 0 N–H and O–H groups in total. The maximum Gasteiger partial charge on any atom is 0.123 e. The predicted molar refractivity (Wildman–Crippen MR) is 156 cm³/mol. The Bertz CT molecular complexity index is 1890. The maximum absolute atomic E-state index is 14.5. The smallest absolute Gasteiger partial charge is 0.123 e. The van der Waals surface area contributed by atoms with Crippen molar-refractivity contribution in [3.63, 3.8) is 0 Å². The van der Waals surface area contributed by atoms with Crippen molar-refractivity contribution in [1.82, 2.24) is 0 Å². The summed E-state index contributed by atoms with van der Waals surface area (Å²) in [5.74, 6) is -0.180. The molecule has 7 rings (SSSR count). The van der Waals surface area contributed by atoms with E-state index >= 15 is 0 Å². The molecular weight excluding hydrogens is 672 g/mol. The van der Waals surface area contributed by atoms with Crippen LogP contribution in [0.5, 0.6) is 0 Å². The van der Waals surface area contributed by atoms with E-state index in [2.05, 4.69) is 95.5 Å². The molecular formula is C36H29FIrN2-2. The minimum atomic E-state index is -0.391. The van der Waals surface area contributed by atoms with E-state index < -0.39 is 5.41 Å². The van der Waals surface area contributed by atoms with Crippen molar-refractivity contribution in [2.45, 2.75) is 19.3 Å². The zero-order valence-electron chi connectivity index (χ0n) is 22.5. The number of fused-ring (bicyclic) bond motifs is 3. The number of rotatable bonds is 1. The molecule has 0 aliphatic heterocycles. The van der Waals surface area contributed by atoms with Gasteiger partial charge in [-0.25, -0.2) is 4.39 Å². The second kappa shape index (κ2) is 10.5. The number of halogens is 1. The summed E-state index contributed by atoms with van der Waals surface area (Å²) in [5.41, 5.74) is 6.47. The van der Waals surface area contributed by atoms with Gasteiger partial charge in [-0.1, -0.05) is 73.5 Å². The molecule has 201 valence electrons. The number of hydrogen-bond acceptors (Lipinski definition) is 0. The summed E-state index contributed by atoms with van der Waals surface area (Å²) in [7, 11) is 8.14. The fraction of sp³-hybridized carbons (Fsp3) is 0.0833. The second-order valence-corrected chi connectivity index (χ2v) is 10.5. The van der Waals surface area contributed by atoms with Gasteiger partial charge in [0.1, 0.15) is 5.69 Å². The van der Waals surface area contributed by atoms with E-state index in [0.29, 0.717) is 5.56 Å². The van der Waals surface area contributed by atoms with Gasteiger partial charge < -0.3 is 9.13 Å². The van der Waals surface area contributed by atoms with Crippen LogP contribution in [0.15, 0.2) is 103 Å². The molecule has 0 atom stereocenters. The minimum Gasteiger partial charge on any atom is -0.343 e. The second-order valence-electron chi connectivity index (χ2n) is 10.5. The summed E-state index contributed by atoms with van der Waals surface area (Å²) < 4.78 is 18.3. The first kappa shape index (κ1) is 27.5. The molecule has 1 aliphatic rings. The fourth-order valence-corrected chi connectivity index (χ4v) is 5.87. The molecule has 2 nitrogen and oxygen atoms in total. The molecule has 1 radical (unpaired) electrons. The van der Waals surface area contributed by atoms with Crippen LogP contribution in [0.1, 0.15) is 30.5 Å². The number of pyridine rings is 2. The topological polar surface area (TPSA) is 7.76 Å². The Hall–Kier alpha value is -4.11. The zero-order chi connectivity index (χ0) is 27.3. The van der Waals surface area contributed by atoms with Crippen molar-refractivity contribution in [1.29, 1.82) is 0 Å². The molecule has 4 heteroatoms. The van der Waals surface area contributed by atoms with Gasteiger partial charge in [0.2, 0.25) is 0 Å². The first-order valence-electron chi connectivity index (χ1n) is 12.9. The van der Waals surface area contributed by atoms with Gasteiger partial charge in [-0.2, -0.15) is 18.6 Å². The molecule has 40 heavy (non-hydrogen) atoms. The van der Waals surface area contributed by atoms with Gasteiger partial charge in [-0.05, 0) is 39.3 Å². The van der Waals surface area contributed by atoms with Crippen LogP contribution >= 0.6 is 0 Å². The van der Waals surface area contributed by atoms with E-state index in [9.17, 15) is 4.39 Å². The molecule has 6 aromatic rings. The van der Waals surface area contributed by atoms with E-state index in [1.807, 2.05) is 45.8 Å². The van der Waals surface area contributed by atoms with Crippen LogP contribution in [0.4, 0.5) is 4.39 Å². The van der Waals surface area contributed by atoms with Crippen molar-refractivity contribution in [3.8, 4) is 22.5 Å². The van der Waals surface area contributed by atoms with Crippen LogP contribution in [0.25, 0.3) is 44.1 Å². The van der Waals surface area contributed by atoms with Crippen molar-refractivity contribution in [2.24, 2.45) is 0 Å². The zero-order valence-corrected chi connectivity index (χ0v) is 24.9. The Kier molecular flexibility index (Phi) is 7.18. The third-order valence-electron chi connectivity index (χ3n) is 7.75. The number of aromatic nitrogens is 2. The molecule has 0 saturated heterocycles. The first-order valence-corrected chi connectivity index (χ1v) is 12.9. The predicted octanol–water partition coefficient (Wildman–Crippen LogP) is 7.63. The summed E-state index contributed by atoms with van der Waals surface area (Å²) in [5, 5.41) is 4.72. The quantitative estimate of drug-likeness (QED) is 0.123. The van der Waals surface area contributed by atoms with Gasteiger partial charge in [0.15, 0.2) is 0 Å². The van der Waals surface area contributed by atoms with Crippen LogP contribution in [0.3, 0.4) is 0 Å². The van der Waals surface area contributed by atoms with Crippen LogP contribution in [-0.4, -0.2) is 0 Å². The minimum absolute atomic E-state index is 0. The van der Waals surface area contributed by atoms with E-state index in [1.54, 1.807) is 6.07 Å². The van der Waals surface area contributed by atoms with Crippen molar-refractivity contribution in [2.75, 3.05) is 0 Å². The van der Waals surface area contributed by atoms with Gasteiger partial charge in [-0.15, -0.1) is 35.9 Å². The Balaban J connectivity index is 0.000000159. The summed E-state index contributed by atoms with van der Waals surface area (Å²) in [6.45, 7) is 8.24. The van der Waals surface area contributed by atoms with Crippen LogP contribution in [0.2, 0.25) is 0 Å². The fourth-order valence-electron chi connectivity index (χ4n) is 5.87. The average Bonchev–Trinajstić information content (AvgIpc) is 2.93. The van der Waals surface area contributed by atoms with Gasteiger partial charge in [-0.3, -0.25) is 0 Å². The maximum atomic E-state index is 14.5. The largest absolute Gasteiger partial charge is 0.343 e. The third kappa shape index (κ3) is 4.34. The van der Waals surface area contributed by atoms with E-state index in [-0.39, 0.29) is 25.9 Å². The number of benzene rings is 4. The average molecular weight is 701 g/mol. The van der Waals surface area contributed by atoms with Crippen LogP contribution in [0, 0.1) is 32.9 Å². The molecule has 0 amide bonds. The van der Waals surface area contributed by atoms with Crippen LogP contribution < -0.4 is 9.13 Å². The third-order valence-corrected chi connectivity index (χ3v) is 7.75. The summed E-state index contributed by atoms with van der Waals surface area (Å²) in [6, 6.07) is 33.2. The SMILES string of the molecule is [CH2-][n+]1ccc2cccc3c2c1-c1[c-]ccc(F)c1C3(C)C.[CH2-]c1ccccc1-c1c2ccccc2cc[n+]1[CH2-].[Ir]. The van der Waals surface area contributed by atoms with E-state index in [0.717, 1.165) is 44.4 Å². The van der Waals surface area contributed by atoms with Crippen molar-refractivity contribution >= 4 is 21.5 Å². The molecule has 0 spiro atoms. The summed E-state index contributed by atoms with van der Waals surface area (Å²) in [6.07, 6.45) is 3.91. The normalized spacial score (nSPS) is 12.7. The monoisotopic (exact) mass is 701 g/mol. The number of nitrogens with zero attached hydrogens (tertiary/aromatic N) is 2. The van der Waals surface area contributed by atoms with E-state index in [4.69, 9.17) is 0 Å². The Morgan fingerprint density at radius 3 is 2.17 bits per heavy atom. The van der Waals surface area contributed by atoms with Gasteiger partial charge in [0, 0.05) is 45.4 Å². The molecule has 0 saturated carbocycles. The molecule has 0 fully saturated rings. The van der Waals surface area contributed by atoms with Crippen LogP contribution in [-0.2, 0) is 25.5 Å². The number of hydrogen-bond donors (Lipinski definition) is 0. The summed E-state index contributed by atoms with van der Waals surface area (Å²) >= 11 is 0. The molecule has 4 aromatic carbocycles. The van der Waals surface area contributed by atoms with Gasteiger partial charge in [0.25, 0.3) is 0 Å². The molecule has 0 bridgehead atoms. The Morgan fingerprint density at radius 2 is 1.40 bits per heavy atom. The molecule has 0 unspecified atom stereocenters.